The van der Waals surface area contributed by atoms with Crippen molar-refractivity contribution in [2.24, 2.45) is 5.92 Å². The van der Waals surface area contributed by atoms with Crippen molar-refractivity contribution in [3.8, 4) is 0 Å². The summed E-state index contributed by atoms with van der Waals surface area (Å²) in [4.78, 5) is 20.9. The molecule has 178 valence electrons. The summed E-state index contributed by atoms with van der Waals surface area (Å²) in [5.74, 6) is 2.12. The summed E-state index contributed by atoms with van der Waals surface area (Å²) in [5, 5.41) is 13.5. The van der Waals surface area contributed by atoms with Gasteiger partial charge in [-0.2, -0.15) is 0 Å². The Morgan fingerprint density at radius 1 is 1.12 bits per heavy atom. The highest BCUT2D eigenvalue weighted by molar-refractivity contribution is 7.98. The molecule has 7 nitrogen and oxygen atoms in total. The van der Waals surface area contributed by atoms with Gasteiger partial charge in [0.15, 0.2) is 10.3 Å². The number of thioether (sulfide) groups is 2. The Hall–Kier alpha value is -2.78. The van der Waals surface area contributed by atoms with E-state index in [4.69, 9.17) is 0 Å². The number of imidazole rings is 1. The number of hydrogen-bond donors (Lipinski definition) is 2. The Kier molecular flexibility index (Phi) is 8.29. The number of hydrogen-bond acceptors (Lipinski definition) is 6. The molecule has 0 fully saturated rings. The Balaban J connectivity index is 1.32. The number of benzene rings is 2. The Morgan fingerprint density at radius 2 is 1.91 bits per heavy atom. The number of nitrogens with one attached hydrogen (secondary N) is 2. The fraction of sp³-hybridized carbons (Fsp3) is 0.360. The summed E-state index contributed by atoms with van der Waals surface area (Å²) >= 11 is 3.22. The summed E-state index contributed by atoms with van der Waals surface area (Å²) < 4.78 is 2.20. The molecule has 2 aromatic carbocycles. The van der Waals surface area contributed by atoms with Crippen molar-refractivity contribution >= 4 is 40.5 Å². The molecule has 2 N–H and O–H groups in total. The molecule has 0 atom stereocenters. The smallest absolute Gasteiger partial charge is 0.251 e. The van der Waals surface area contributed by atoms with Gasteiger partial charge >= 0.3 is 0 Å². The van der Waals surface area contributed by atoms with Crippen LogP contribution in [0.4, 0.5) is 0 Å². The summed E-state index contributed by atoms with van der Waals surface area (Å²) in [6, 6.07) is 15.7. The molecule has 0 aliphatic rings. The summed E-state index contributed by atoms with van der Waals surface area (Å²) in [5.41, 5.74) is 3.67. The maximum atomic E-state index is 12.9. The van der Waals surface area contributed by atoms with Crippen LogP contribution in [0, 0.1) is 5.92 Å². The molecular weight excluding hydrogens is 464 g/mol. The molecule has 2 aromatic heterocycles. The van der Waals surface area contributed by atoms with Gasteiger partial charge in [-0.25, -0.2) is 4.98 Å². The van der Waals surface area contributed by atoms with Gasteiger partial charge in [0.05, 0.1) is 11.0 Å². The van der Waals surface area contributed by atoms with Gasteiger partial charge in [-0.15, -0.1) is 10.2 Å². The fourth-order valence-corrected chi connectivity index (χ4v) is 5.17. The van der Waals surface area contributed by atoms with Crippen LogP contribution in [0.3, 0.4) is 0 Å². The van der Waals surface area contributed by atoms with Crippen molar-refractivity contribution in [2.75, 3.05) is 12.8 Å². The minimum atomic E-state index is -0.0470. The molecule has 0 radical (unpaired) electrons. The van der Waals surface area contributed by atoms with Crippen LogP contribution < -0.4 is 5.32 Å². The Morgan fingerprint density at radius 3 is 2.71 bits per heavy atom. The van der Waals surface area contributed by atoms with Crippen molar-refractivity contribution in [1.82, 2.24) is 30.0 Å². The number of rotatable bonds is 11. The van der Waals surface area contributed by atoms with Crippen LogP contribution in [-0.2, 0) is 18.7 Å². The first kappa shape index (κ1) is 24.3. The molecule has 0 saturated carbocycles. The molecule has 0 aliphatic carbocycles. The van der Waals surface area contributed by atoms with Gasteiger partial charge in [0.25, 0.3) is 5.91 Å². The van der Waals surface area contributed by atoms with E-state index >= 15 is 0 Å². The second kappa shape index (κ2) is 11.6. The molecule has 0 saturated heterocycles. The second-order valence-electron chi connectivity index (χ2n) is 8.47. The lowest BCUT2D eigenvalue weighted by molar-refractivity contribution is 0.0952. The normalized spacial score (nSPS) is 11.4. The van der Waals surface area contributed by atoms with Crippen LogP contribution >= 0.6 is 23.5 Å². The number of aromatic amines is 1. The molecule has 2 heterocycles. The van der Waals surface area contributed by atoms with Crippen LogP contribution in [0.15, 0.2) is 58.8 Å². The van der Waals surface area contributed by atoms with Gasteiger partial charge in [0, 0.05) is 30.8 Å². The lowest BCUT2D eigenvalue weighted by atomic mass is 10.1. The molecule has 4 aromatic rings. The average Bonchev–Trinajstić information content (AvgIpc) is 3.43. The third kappa shape index (κ3) is 6.01. The molecule has 0 unspecified atom stereocenters. The summed E-state index contributed by atoms with van der Waals surface area (Å²) in [6.45, 7) is 5.88. The highest BCUT2D eigenvalue weighted by atomic mass is 32.2. The topological polar surface area (TPSA) is 88.5 Å². The van der Waals surface area contributed by atoms with E-state index in [1.54, 1.807) is 23.5 Å². The van der Waals surface area contributed by atoms with E-state index in [1.807, 2.05) is 54.8 Å². The number of H-pyrrole nitrogens is 1. The Bertz CT molecular complexity index is 1220. The quantitative estimate of drug-likeness (QED) is 0.220. The van der Waals surface area contributed by atoms with Gasteiger partial charge in [-0.3, -0.25) is 4.79 Å². The lowest BCUT2D eigenvalue weighted by Crippen LogP contribution is -2.26. The molecule has 0 spiro atoms. The maximum absolute atomic E-state index is 12.9. The van der Waals surface area contributed by atoms with Gasteiger partial charge in [0.1, 0.15) is 5.82 Å². The number of fused-ring (bicyclic) bond motifs is 1. The summed E-state index contributed by atoms with van der Waals surface area (Å²) in [6.07, 6.45) is 3.62. The largest absolute Gasteiger partial charge is 0.352 e. The lowest BCUT2D eigenvalue weighted by Gasteiger charge is -2.12. The van der Waals surface area contributed by atoms with Crippen LogP contribution in [0.5, 0.6) is 0 Å². The van der Waals surface area contributed by atoms with E-state index < -0.39 is 0 Å². The van der Waals surface area contributed by atoms with E-state index in [2.05, 4.69) is 43.9 Å². The van der Waals surface area contributed by atoms with Crippen molar-refractivity contribution in [1.29, 1.82) is 0 Å². The van der Waals surface area contributed by atoms with Crippen molar-refractivity contribution in [3.63, 3.8) is 0 Å². The standard InChI is InChI=1S/C25H30N6OS2/c1-17(2)15-31-22(29-30-25(31)33-3)13-8-14-26-23(32)19-10-5-4-9-18(19)16-34-24-27-20-11-6-7-12-21(20)28-24/h4-7,9-12,17H,8,13-16H2,1-3H3,(H,26,32)(H,27,28). The number of aryl methyl sites for hydroxylation is 1. The third-order valence-electron chi connectivity index (χ3n) is 5.38. The van der Waals surface area contributed by atoms with E-state index in [0.29, 0.717) is 23.8 Å². The predicted molar refractivity (Wildman–Crippen MR) is 139 cm³/mol. The number of para-hydroxylation sites is 2. The van der Waals surface area contributed by atoms with Crippen LogP contribution in [0.1, 0.15) is 42.0 Å². The minimum Gasteiger partial charge on any atom is -0.352 e. The van der Waals surface area contributed by atoms with Gasteiger partial charge in [-0.1, -0.05) is 67.7 Å². The molecule has 0 bridgehead atoms. The van der Waals surface area contributed by atoms with Gasteiger partial charge < -0.3 is 14.9 Å². The van der Waals surface area contributed by atoms with E-state index in [0.717, 1.165) is 52.1 Å². The van der Waals surface area contributed by atoms with Crippen molar-refractivity contribution < 1.29 is 4.79 Å². The first-order valence-corrected chi connectivity index (χ1v) is 13.7. The monoisotopic (exact) mass is 494 g/mol. The molecule has 34 heavy (non-hydrogen) atoms. The van der Waals surface area contributed by atoms with Crippen LogP contribution in [0.25, 0.3) is 11.0 Å². The summed E-state index contributed by atoms with van der Waals surface area (Å²) in [7, 11) is 0. The molecular formula is C25H30N6OS2. The third-order valence-corrected chi connectivity index (χ3v) is 6.97. The zero-order chi connectivity index (χ0) is 23.9. The molecule has 0 aliphatic heterocycles. The highest BCUT2D eigenvalue weighted by Crippen LogP contribution is 2.24. The number of aromatic nitrogens is 5. The highest BCUT2D eigenvalue weighted by Gasteiger charge is 2.14. The molecule has 4 rings (SSSR count). The molecule has 9 heteroatoms. The number of nitrogens with zero attached hydrogens (tertiary/aromatic N) is 4. The fourth-order valence-electron chi connectivity index (χ4n) is 3.76. The van der Waals surface area contributed by atoms with Crippen molar-refractivity contribution in [3.05, 3.63) is 65.5 Å². The SMILES string of the molecule is CSc1nnc(CCCNC(=O)c2ccccc2CSc2nc3ccccc3[nH]2)n1CC(C)C. The Labute approximate surface area is 208 Å². The van der Waals surface area contributed by atoms with E-state index in [9.17, 15) is 4.79 Å². The first-order valence-electron chi connectivity index (χ1n) is 11.4. The van der Waals surface area contributed by atoms with Gasteiger partial charge in [0.2, 0.25) is 0 Å². The van der Waals surface area contributed by atoms with Crippen molar-refractivity contribution in [2.45, 2.75) is 49.3 Å². The maximum Gasteiger partial charge on any atom is 0.251 e. The first-order chi connectivity index (χ1) is 16.5. The number of carbonyl (C=O) groups is 1. The van der Waals surface area contributed by atoms with E-state index in [1.165, 1.54) is 0 Å². The predicted octanol–water partition coefficient (Wildman–Crippen LogP) is 5.19. The van der Waals surface area contributed by atoms with E-state index in [-0.39, 0.29) is 5.91 Å². The number of carbonyl (C=O) groups excluding carboxylic acids is 1. The number of amides is 1. The van der Waals surface area contributed by atoms with Crippen LogP contribution in [0.2, 0.25) is 0 Å². The van der Waals surface area contributed by atoms with Gasteiger partial charge in [-0.05, 0) is 42.4 Å². The zero-order valence-electron chi connectivity index (χ0n) is 19.7. The zero-order valence-corrected chi connectivity index (χ0v) is 21.4. The molecule has 1 amide bonds. The van der Waals surface area contributed by atoms with Crippen LogP contribution in [-0.4, -0.2) is 43.4 Å². The average molecular weight is 495 g/mol. The minimum absolute atomic E-state index is 0.0470. The second-order valence-corrected chi connectivity index (χ2v) is 10.2.